The highest BCUT2D eigenvalue weighted by molar-refractivity contribution is 5.84. The van der Waals surface area contributed by atoms with E-state index in [0.29, 0.717) is 25.8 Å². The van der Waals surface area contributed by atoms with E-state index in [9.17, 15) is 24.6 Å². The van der Waals surface area contributed by atoms with Crippen LogP contribution in [-0.4, -0.2) is 52.9 Å². The molecule has 0 bridgehead atoms. The molecule has 0 aromatic rings. The number of unbranched alkanes of at least 4 members (excludes halogenated alkanes) is 24. The van der Waals surface area contributed by atoms with Crippen molar-refractivity contribution in [2.75, 3.05) is 6.54 Å². The quantitative estimate of drug-likeness (QED) is 0.0372. The van der Waals surface area contributed by atoms with Crippen molar-refractivity contribution in [3.63, 3.8) is 0 Å². The molecule has 0 aliphatic heterocycles. The summed E-state index contributed by atoms with van der Waals surface area (Å²) in [5, 5.41) is 22.6. The number of carbonyl (C=O) groups excluding carboxylic acids is 2. The van der Waals surface area contributed by atoms with E-state index < -0.39 is 36.1 Å². The lowest BCUT2D eigenvalue weighted by Gasteiger charge is -2.20. The molecule has 0 radical (unpaired) electrons. The number of carbonyl (C=O) groups is 3. The van der Waals surface area contributed by atoms with E-state index in [0.717, 1.165) is 38.5 Å². The predicted molar refractivity (Wildman–Crippen MR) is 204 cm³/mol. The minimum atomic E-state index is -1.09. The number of amides is 1. The van der Waals surface area contributed by atoms with Crippen molar-refractivity contribution in [3.05, 3.63) is 0 Å². The Hall–Kier alpha value is -1.67. The van der Waals surface area contributed by atoms with E-state index in [2.05, 4.69) is 19.2 Å². The maximum absolute atomic E-state index is 12.8. The van der Waals surface area contributed by atoms with Gasteiger partial charge in [-0.05, 0) is 38.6 Å². The summed E-state index contributed by atoms with van der Waals surface area (Å²) < 4.78 is 5.71. The fourth-order valence-electron chi connectivity index (χ4n) is 6.56. The molecule has 0 spiro atoms. The van der Waals surface area contributed by atoms with Gasteiger partial charge in [0.2, 0.25) is 5.91 Å². The van der Waals surface area contributed by atoms with Crippen LogP contribution in [-0.2, 0) is 19.1 Å². The van der Waals surface area contributed by atoms with Gasteiger partial charge in [-0.2, -0.15) is 0 Å². The highest BCUT2D eigenvalue weighted by Gasteiger charge is 2.24. The lowest BCUT2D eigenvalue weighted by atomic mass is 10.0. The molecular weight excluding hydrogens is 616 g/mol. The molecule has 49 heavy (non-hydrogen) atoms. The van der Waals surface area contributed by atoms with E-state index in [-0.39, 0.29) is 19.3 Å². The topological polar surface area (TPSA) is 139 Å². The summed E-state index contributed by atoms with van der Waals surface area (Å²) in [6, 6.07) is -1.01. The number of aliphatic hydroxyl groups is 1. The van der Waals surface area contributed by atoms with E-state index in [1.807, 2.05) is 0 Å². The number of hydrogen-bond acceptors (Lipinski definition) is 6. The molecule has 0 rings (SSSR count). The molecule has 0 saturated heterocycles. The number of rotatable bonds is 38. The van der Waals surface area contributed by atoms with Crippen LogP contribution in [0.1, 0.15) is 219 Å². The lowest BCUT2D eigenvalue weighted by molar-refractivity contribution is -0.153. The third kappa shape index (κ3) is 33.2. The standard InChI is InChI=1S/C41H80N2O6/c1-3-5-7-9-11-13-15-17-19-21-23-25-27-30-36(44)34-40(46)49-37(35-39(45)43-38(41(47)48)32-29-33-42)31-28-26-24-22-20-18-16-14-12-10-8-6-4-2/h36-38,44H,3-35,42H2,1-2H3,(H,43,45)(H,47,48)/t36?,37?,38-/m0/s1. The number of hydrogen-bond donors (Lipinski definition) is 4. The number of nitrogens with two attached hydrogens (primary N) is 1. The Kier molecular flexibility index (Phi) is 34.9. The normalized spacial score (nSPS) is 13.2. The van der Waals surface area contributed by atoms with Crippen molar-refractivity contribution in [1.82, 2.24) is 5.32 Å². The first kappa shape index (κ1) is 47.3. The second kappa shape index (κ2) is 36.1. The number of aliphatic hydroxyl groups excluding tert-OH is 1. The van der Waals surface area contributed by atoms with Gasteiger partial charge in [-0.15, -0.1) is 0 Å². The number of carboxylic acids is 1. The Morgan fingerprint density at radius 3 is 1.33 bits per heavy atom. The molecule has 0 aromatic carbocycles. The molecule has 1 amide bonds. The minimum Gasteiger partial charge on any atom is -0.480 e. The highest BCUT2D eigenvalue weighted by Crippen LogP contribution is 2.18. The van der Waals surface area contributed by atoms with Gasteiger partial charge in [0, 0.05) is 0 Å². The van der Waals surface area contributed by atoms with Gasteiger partial charge in [-0.1, -0.05) is 174 Å². The number of carboxylic acid groups (broad SMARTS) is 1. The van der Waals surface area contributed by atoms with Crippen molar-refractivity contribution in [3.8, 4) is 0 Å². The van der Waals surface area contributed by atoms with Crippen LogP contribution in [0.3, 0.4) is 0 Å². The first-order valence-electron chi connectivity index (χ1n) is 20.9. The lowest BCUT2D eigenvalue weighted by Crippen LogP contribution is -2.42. The maximum Gasteiger partial charge on any atom is 0.326 e. The van der Waals surface area contributed by atoms with Crippen molar-refractivity contribution in [2.24, 2.45) is 5.73 Å². The van der Waals surface area contributed by atoms with Gasteiger partial charge in [0.1, 0.15) is 12.1 Å². The monoisotopic (exact) mass is 697 g/mol. The fourth-order valence-corrected chi connectivity index (χ4v) is 6.56. The van der Waals surface area contributed by atoms with Crippen LogP contribution in [0.25, 0.3) is 0 Å². The summed E-state index contributed by atoms with van der Waals surface area (Å²) in [6.07, 6.45) is 32.7. The SMILES string of the molecule is CCCCCCCCCCCCCCCC(O)CC(=O)OC(CCCCCCCCCCCCCCC)CC(=O)N[C@@H](CCCN)C(=O)O. The molecular formula is C41H80N2O6. The van der Waals surface area contributed by atoms with Crippen LogP contribution >= 0.6 is 0 Å². The van der Waals surface area contributed by atoms with Crippen molar-refractivity contribution in [1.29, 1.82) is 0 Å². The molecule has 290 valence electrons. The first-order valence-corrected chi connectivity index (χ1v) is 20.9. The number of nitrogens with one attached hydrogen (secondary N) is 1. The number of esters is 1. The summed E-state index contributed by atoms with van der Waals surface area (Å²) in [5.41, 5.74) is 5.53. The summed E-state index contributed by atoms with van der Waals surface area (Å²) >= 11 is 0. The summed E-state index contributed by atoms with van der Waals surface area (Å²) in [7, 11) is 0. The molecule has 2 unspecified atom stereocenters. The third-order valence-electron chi connectivity index (χ3n) is 9.71. The van der Waals surface area contributed by atoms with Crippen molar-refractivity contribution >= 4 is 17.8 Å². The molecule has 0 aromatic heterocycles. The Morgan fingerprint density at radius 2 is 0.939 bits per heavy atom. The Labute approximate surface area is 301 Å². The smallest absolute Gasteiger partial charge is 0.326 e. The van der Waals surface area contributed by atoms with Crippen LogP contribution in [0.2, 0.25) is 0 Å². The first-order chi connectivity index (χ1) is 23.8. The van der Waals surface area contributed by atoms with Crippen LogP contribution in [0, 0.1) is 0 Å². The Bertz CT molecular complexity index is 764. The Balaban J connectivity index is 4.41. The Morgan fingerprint density at radius 1 is 0.551 bits per heavy atom. The molecule has 8 heteroatoms. The van der Waals surface area contributed by atoms with E-state index in [4.69, 9.17) is 10.5 Å². The predicted octanol–water partition coefficient (Wildman–Crippen LogP) is 10.3. The fraction of sp³-hybridized carbons (Fsp3) is 0.927. The number of ether oxygens (including phenoxy) is 1. The third-order valence-corrected chi connectivity index (χ3v) is 9.71. The summed E-state index contributed by atoms with van der Waals surface area (Å²) in [4.78, 5) is 37.1. The highest BCUT2D eigenvalue weighted by atomic mass is 16.5. The van der Waals surface area contributed by atoms with Gasteiger partial charge >= 0.3 is 11.9 Å². The van der Waals surface area contributed by atoms with Crippen LogP contribution in [0.5, 0.6) is 0 Å². The van der Waals surface area contributed by atoms with Gasteiger partial charge < -0.3 is 26.0 Å². The van der Waals surface area contributed by atoms with Gasteiger partial charge in [-0.25, -0.2) is 4.79 Å². The van der Waals surface area contributed by atoms with Gasteiger partial charge in [0.05, 0.1) is 18.9 Å². The molecule has 0 aliphatic carbocycles. The average Bonchev–Trinajstić information content (AvgIpc) is 3.06. The zero-order chi connectivity index (χ0) is 36.2. The molecule has 8 nitrogen and oxygen atoms in total. The second-order valence-corrected chi connectivity index (χ2v) is 14.6. The molecule has 0 heterocycles. The van der Waals surface area contributed by atoms with Crippen LogP contribution in [0.4, 0.5) is 0 Å². The summed E-state index contributed by atoms with van der Waals surface area (Å²) in [6.45, 7) is 4.85. The zero-order valence-electron chi connectivity index (χ0n) is 32.2. The second-order valence-electron chi connectivity index (χ2n) is 14.6. The molecule has 0 fully saturated rings. The van der Waals surface area contributed by atoms with E-state index >= 15 is 0 Å². The van der Waals surface area contributed by atoms with E-state index in [1.54, 1.807) is 0 Å². The summed E-state index contributed by atoms with van der Waals surface area (Å²) in [5.74, 6) is -2.03. The molecule has 3 atom stereocenters. The largest absolute Gasteiger partial charge is 0.480 e. The molecule has 0 aliphatic rings. The molecule has 5 N–H and O–H groups in total. The average molecular weight is 697 g/mol. The van der Waals surface area contributed by atoms with Crippen molar-refractivity contribution < 1.29 is 29.3 Å². The maximum atomic E-state index is 12.8. The van der Waals surface area contributed by atoms with Crippen LogP contribution < -0.4 is 11.1 Å². The van der Waals surface area contributed by atoms with Crippen LogP contribution in [0.15, 0.2) is 0 Å². The van der Waals surface area contributed by atoms with E-state index in [1.165, 1.54) is 128 Å². The number of aliphatic carboxylic acids is 1. The molecule has 0 saturated carbocycles. The van der Waals surface area contributed by atoms with Gasteiger partial charge in [0.25, 0.3) is 0 Å². The van der Waals surface area contributed by atoms with Gasteiger partial charge in [-0.3, -0.25) is 9.59 Å². The van der Waals surface area contributed by atoms with Gasteiger partial charge in [0.15, 0.2) is 0 Å². The zero-order valence-corrected chi connectivity index (χ0v) is 32.2. The van der Waals surface area contributed by atoms with Crippen molar-refractivity contribution in [2.45, 2.75) is 238 Å². The minimum absolute atomic E-state index is 0.0780.